The number of alkyl halides is 3. The van der Waals surface area contributed by atoms with Gasteiger partial charge in [0.05, 0.1) is 31.5 Å². The van der Waals surface area contributed by atoms with Gasteiger partial charge in [0.15, 0.2) is 0 Å². The van der Waals surface area contributed by atoms with Gasteiger partial charge in [0.25, 0.3) is 0 Å². The van der Waals surface area contributed by atoms with Gasteiger partial charge in [-0.25, -0.2) is 4.68 Å². The molecule has 1 aromatic carbocycles. The molecule has 1 N–H and O–H groups in total. The van der Waals surface area contributed by atoms with Crippen LogP contribution in [0.25, 0.3) is 5.69 Å². The Hall–Kier alpha value is -2.51. The summed E-state index contributed by atoms with van der Waals surface area (Å²) < 4.78 is 43.1. The molecule has 0 aliphatic rings. The number of ether oxygens (including phenoxy) is 1. The minimum Gasteiger partial charge on any atom is -0.497 e. The fourth-order valence-corrected chi connectivity index (χ4v) is 2.09. The molecular weight excluding hydrogens is 323 g/mol. The van der Waals surface area contributed by atoms with Crippen LogP contribution in [0.3, 0.4) is 0 Å². The number of rotatable bonds is 6. The molecule has 1 heterocycles. The Morgan fingerprint density at radius 3 is 2.58 bits per heavy atom. The van der Waals surface area contributed by atoms with Crippen molar-refractivity contribution in [2.24, 2.45) is 0 Å². The first kappa shape index (κ1) is 17.8. The van der Waals surface area contributed by atoms with Gasteiger partial charge in [-0.15, -0.1) is 0 Å². The second-order valence-corrected chi connectivity index (χ2v) is 5.32. The van der Waals surface area contributed by atoms with Gasteiger partial charge >= 0.3 is 6.18 Å². The molecule has 0 aliphatic heterocycles. The normalized spacial score (nSPS) is 12.7. The predicted molar refractivity (Wildman–Crippen MR) is 82.0 cm³/mol. The minimum atomic E-state index is -4.33. The molecule has 2 rings (SSSR count). The molecule has 2 aromatic rings. The summed E-state index contributed by atoms with van der Waals surface area (Å²) in [4.78, 5) is 11.6. The van der Waals surface area contributed by atoms with E-state index >= 15 is 0 Å². The molecule has 0 spiro atoms. The molecule has 24 heavy (non-hydrogen) atoms. The highest BCUT2D eigenvalue weighted by Crippen LogP contribution is 2.22. The number of nitrogens with zero attached hydrogens (tertiary/aromatic N) is 2. The number of hydrogen-bond acceptors (Lipinski definition) is 3. The van der Waals surface area contributed by atoms with Gasteiger partial charge in [0.1, 0.15) is 5.75 Å². The summed E-state index contributed by atoms with van der Waals surface area (Å²) in [5.74, 6) is 0.0773. The van der Waals surface area contributed by atoms with E-state index in [4.69, 9.17) is 4.74 Å². The largest absolute Gasteiger partial charge is 0.497 e. The van der Waals surface area contributed by atoms with E-state index in [0.29, 0.717) is 5.56 Å². The maximum Gasteiger partial charge on any atom is 0.389 e. The monoisotopic (exact) mass is 341 g/mol. The van der Waals surface area contributed by atoms with Gasteiger partial charge in [-0.05, 0) is 31.2 Å². The van der Waals surface area contributed by atoms with E-state index in [1.807, 2.05) is 12.1 Å². The highest BCUT2D eigenvalue weighted by atomic mass is 19.4. The zero-order chi connectivity index (χ0) is 17.7. The third kappa shape index (κ3) is 5.00. The van der Waals surface area contributed by atoms with Crippen LogP contribution in [0.4, 0.5) is 13.2 Å². The summed E-state index contributed by atoms with van der Waals surface area (Å²) in [5, 5.41) is 6.74. The Morgan fingerprint density at radius 1 is 1.33 bits per heavy atom. The van der Waals surface area contributed by atoms with Crippen molar-refractivity contribution in [1.29, 1.82) is 0 Å². The van der Waals surface area contributed by atoms with E-state index in [9.17, 15) is 18.0 Å². The van der Waals surface area contributed by atoms with Crippen molar-refractivity contribution in [3.8, 4) is 11.4 Å². The summed E-state index contributed by atoms with van der Waals surface area (Å²) in [5.41, 5.74) is 1.50. The highest BCUT2D eigenvalue weighted by Gasteiger charge is 2.28. The molecule has 8 heteroatoms. The van der Waals surface area contributed by atoms with Crippen LogP contribution in [0.2, 0.25) is 0 Å². The van der Waals surface area contributed by atoms with Crippen LogP contribution in [-0.2, 0) is 4.79 Å². The number of carbonyl (C=O) groups is 1. The van der Waals surface area contributed by atoms with E-state index in [-0.39, 0.29) is 0 Å². The SMILES string of the molecule is COc1ccc(-n2cc(C(C)NC(=O)CCC(F)(F)F)cn2)cc1. The van der Waals surface area contributed by atoms with Crippen LogP contribution in [0.1, 0.15) is 31.4 Å². The van der Waals surface area contributed by atoms with Crippen molar-refractivity contribution in [2.45, 2.75) is 32.0 Å². The number of amides is 1. The van der Waals surface area contributed by atoms with Crippen molar-refractivity contribution in [2.75, 3.05) is 7.11 Å². The number of carbonyl (C=O) groups excluding carboxylic acids is 1. The number of halogens is 3. The van der Waals surface area contributed by atoms with E-state index in [2.05, 4.69) is 10.4 Å². The maximum atomic E-state index is 12.1. The molecular formula is C16H18F3N3O2. The van der Waals surface area contributed by atoms with Gasteiger partial charge < -0.3 is 10.1 Å². The lowest BCUT2D eigenvalue weighted by molar-refractivity contribution is -0.144. The number of benzene rings is 1. The van der Waals surface area contributed by atoms with Crippen LogP contribution in [0, 0.1) is 0 Å². The molecule has 1 unspecified atom stereocenters. The Labute approximate surface area is 137 Å². The van der Waals surface area contributed by atoms with Crippen molar-refractivity contribution in [3.63, 3.8) is 0 Å². The molecule has 0 saturated carbocycles. The smallest absolute Gasteiger partial charge is 0.389 e. The predicted octanol–water partition coefficient (Wildman–Crippen LogP) is 3.40. The molecule has 1 aromatic heterocycles. The van der Waals surface area contributed by atoms with Crippen LogP contribution in [0.15, 0.2) is 36.7 Å². The first-order valence-corrected chi connectivity index (χ1v) is 7.33. The second-order valence-electron chi connectivity index (χ2n) is 5.32. The highest BCUT2D eigenvalue weighted by molar-refractivity contribution is 5.76. The lowest BCUT2D eigenvalue weighted by Crippen LogP contribution is -2.27. The first-order chi connectivity index (χ1) is 11.3. The molecule has 130 valence electrons. The van der Waals surface area contributed by atoms with E-state index in [1.54, 1.807) is 43.2 Å². The Kier molecular flexibility index (Phi) is 5.48. The van der Waals surface area contributed by atoms with Crippen molar-refractivity contribution in [3.05, 3.63) is 42.2 Å². The van der Waals surface area contributed by atoms with Gasteiger partial charge in [-0.1, -0.05) is 0 Å². The first-order valence-electron chi connectivity index (χ1n) is 7.33. The summed E-state index contributed by atoms with van der Waals surface area (Å²) in [7, 11) is 1.57. The second kappa shape index (κ2) is 7.37. The van der Waals surface area contributed by atoms with Crippen LogP contribution < -0.4 is 10.1 Å². The molecule has 0 fully saturated rings. The summed E-state index contributed by atoms with van der Waals surface area (Å²) in [6.45, 7) is 1.70. The number of methoxy groups -OCH3 is 1. The zero-order valence-corrected chi connectivity index (χ0v) is 13.3. The summed E-state index contributed by atoms with van der Waals surface area (Å²) >= 11 is 0. The average Bonchev–Trinajstić information content (AvgIpc) is 3.02. The lowest BCUT2D eigenvalue weighted by Gasteiger charge is -2.12. The zero-order valence-electron chi connectivity index (χ0n) is 13.3. The third-order valence-electron chi connectivity index (χ3n) is 3.45. The molecule has 1 atom stereocenters. The van der Waals surface area contributed by atoms with Crippen LogP contribution in [-0.4, -0.2) is 29.0 Å². The Morgan fingerprint density at radius 2 is 2.00 bits per heavy atom. The van der Waals surface area contributed by atoms with E-state index in [0.717, 1.165) is 11.4 Å². The third-order valence-corrected chi connectivity index (χ3v) is 3.45. The summed E-state index contributed by atoms with van der Waals surface area (Å²) in [6, 6.07) is 6.79. The Balaban J connectivity index is 1.97. The van der Waals surface area contributed by atoms with Gasteiger partial charge in [0, 0.05) is 18.2 Å². The number of hydrogen-bond donors (Lipinski definition) is 1. The van der Waals surface area contributed by atoms with Gasteiger partial charge in [-0.3, -0.25) is 4.79 Å². The van der Waals surface area contributed by atoms with Gasteiger partial charge in [0.2, 0.25) is 5.91 Å². The minimum absolute atomic E-state index is 0.433. The van der Waals surface area contributed by atoms with Crippen LogP contribution in [0.5, 0.6) is 5.75 Å². The quantitative estimate of drug-likeness (QED) is 0.876. The van der Waals surface area contributed by atoms with Crippen molar-refractivity contribution >= 4 is 5.91 Å². The molecule has 1 amide bonds. The molecule has 0 bridgehead atoms. The van der Waals surface area contributed by atoms with E-state index in [1.165, 1.54) is 0 Å². The Bertz CT molecular complexity index is 681. The number of aromatic nitrogens is 2. The fraction of sp³-hybridized carbons (Fsp3) is 0.375. The van der Waals surface area contributed by atoms with Crippen molar-refractivity contribution < 1.29 is 22.7 Å². The average molecular weight is 341 g/mol. The van der Waals surface area contributed by atoms with E-state index < -0.39 is 31.0 Å². The van der Waals surface area contributed by atoms with Crippen LogP contribution >= 0.6 is 0 Å². The maximum absolute atomic E-state index is 12.1. The molecule has 0 radical (unpaired) electrons. The molecule has 0 aliphatic carbocycles. The number of nitrogens with one attached hydrogen (secondary N) is 1. The lowest BCUT2D eigenvalue weighted by atomic mass is 10.2. The summed E-state index contributed by atoms with van der Waals surface area (Å²) in [6.07, 6.45) is -2.76. The standard InChI is InChI=1S/C16H18F3N3O2/c1-11(21-15(23)7-8-16(17,18)19)12-9-20-22(10-12)13-3-5-14(24-2)6-4-13/h3-6,9-11H,7-8H2,1-2H3,(H,21,23). The van der Waals surface area contributed by atoms with Crippen molar-refractivity contribution in [1.82, 2.24) is 15.1 Å². The fourth-order valence-electron chi connectivity index (χ4n) is 2.09. The topological polar surface area (TPSA) is 56.1 Å². The molecule has 0 saturated heterocycles. The molecule has 5 nitrogen and oxygen atoms in total. The van der Waals surface area contributed by atoms with Gasteiger partial charge in [-0.2, -0.15) is 18.3 Å².